The molecule has 0 aliphatic heterocycles. The van der Waals surface area contributed by atoms with Crippen LogP contribution in [0.5, 0.6) is 0 Å². The van der Waals surface area contributed by atoms with Crippen molar-refractivity contribution in [2.75, 3.05) is 12.3 Å². The highest BCUT2D eigenvalue weighted by molar-refractivity contribution is 6.53. The lowest BCUT2D eigenvalue weighted by molar-refractivity contribution is -0.121. The second kappa shape index (κ2) is 6.80. The molecule has 5 N–H and O–H groups in total. The number of carbonyl (C=O) groups excluding carboxylic acids is 1. The fourth-order valence-corrected chi connectivity index (χ4v) is 1.52. The third-order valence-corrected chi connectivity index (χ3v) is 2.78. The van der Waals surface area contributed by atoms with Crippen LogP contribution < -0.4 is 11.1 Å². The number of rotatable bonds is 5. The third kappa shape index (κ3) is 4.03. The number of nitrogens with one attached hydrogen (secondary N) is 1. The molecule has 1 aromatic rings. The number of alkyl halides is 2. The summed E-state index contributed by atoms with van der Waals surface area (Å²) >= 11 is 10.7. The molecule has 0 saturated carbocycles. The van der Waals surface area contributed by atoms with Gasteiger partial charge in [0.2, 0.25) is 0 Å². The predicted octanol–water partition coefficient (Wildman–Crippen LogP) is 0.583. The number of anilines is 1. The lowest BCUT2D eigenvalue weighted by atomic mass is 10.0. The van der Waals surface area contributed by atoms with E-state index in [1.807, 2.05) is 0 Å². The van der Waals surface area contributed by atoms with Crippen molar-refractivity contribution in [1.29, 1.82) is 0 Å². The minimum absolute atomic E-state index is 0.447. The van der Waals surface area contributed by atoms with Gasteiger partial charge in [-0.3, -0.25) is 4.79 Å². The van der Waals surface area contributed by atoms with Gasteiger partial charge in [-0.2, -0.15) is 0 Å². The van der Waals surface area contributed by atoms with Crippen molar-refractivity contribution >= 4 is 34.8 Å². The Bertz CT molecular complexity index is 398. The Morgan fingerprint density at radius 1 is 1.33 bits per heavy atom. The maximum absolute atomic E-state index is 11.3. The average Bonchev–Trinajstić information content (AvgIpc) is 2.35. The molecule has 0 aliphatic rings. The molecular weight excluding hydrogens is 279 g/mol. The molecule has 100 valence electrons. The summed E-state index contributed by atoms with van der Waals surface area (Å²) in [4.78, 5) is 10.0. The fourth-order valence-electron chi connectivity index (χ4n) is 1.40. The minimum Gasteiger partial charge on any atom is -0.399 e. The molecule has 0 heterocycles. The Hall–Kier alpha value is -1.01. The Morgan fingerprint density at radius 3 is 2.33 bits per heavy atom. The Balaban J connectivity index is 2.75. The van der Waals surface area contributed by atoms with Crippen molar-refractivity contribution in [2.45, 2.75) is 17.0 Å². The van der Waals surface area contributed by atoms with Gasteiger partial charge in [-0.1, -0.05) is 35.3 Å². The zero-order chi connectivity index (χ0) is 13.7. The average molecular weight is 293 g/mol. The zero-order valence-electron chi connectivity index (χ0n) is 9.38. The SMILES string of the molecule is Nc1ccc(C(O)C(CO)NC(=O)C(Cl)Cl)cc1. The maximum Gasteiger partial charge on any atom is 0.253 e. The molecule has 1 amide bonds. The van der Waals surface area contributed by atoms with Crippen molar-refractivity contribution in [1.82, 2.24) is 5.32 Å². The quantitative estimate of drug-likeness (QED) is 0.472. The van der Waals surface area contributed by atoms with Gasteiger partial charge in [-0.25, -0.2) is 0 Å². The molecule has 0 radical (unpaired) electrons. The van der Waals surface area contributed by atoms with E-state index in [1.54, 1.807) is 24.3 Å². The first-order valence-electron chi connectivity index (χ1n) is 5.18. The number of halogens is 2. The van der Waals surface area contributed by atoms with E-state index >= 15 is 0 Å². The lowest BCUT2D eigenvalue weighted by Gasteiger charge is -2.22. The molecule has 0 aromatic heterocycles. The van der Waals surface area contributed by atoms with Crippen LogP contribution in [0.1, 0.15) is 11.7 Å². The van der Waals surface area contributed by atoms with E-state index in [9.17, 15) is 9.90 Å². The molecule has 0 saturated heterocycles. The van der Waals surface area contributed by atoms with Gasteiger partial charge in [-0.05, 0) is 17.7 Å². The predicted molar refractivity (Wildman–Crippen MR) is 70.3 cm³/mol. The standard InChI is InChI=1S/C11H14Cl2N2O3/c12-10(13)11(18)15-8(5-16)9(17)6-1-3-7(14)4-2-6/h1-4,8-10,16-17H,5,14H2,(H,15,18). The summed E-state index contributed by atoms with van der Waals surface area (Å²) in [5, 5.41) is 21.5. The number of hydrogen-bond acceptors (Lipinski definition) is 4. The highest BCUT2D eigenvalue weighted by Crippen LogP contribution is 2.18. The van der Waals surface area contributed by atoms with E-state index in [4.69, 9.17) is 34.0 Å². The molecule has 0 fully saturated rings. The topological polar surface area (TPSA) is 95.6 Å². The van der Waals surface area contributed by atoms with Gasteiger partial charge in [0.1, 0.15) is 6.10 Å². The largest absolute Gasteiger partial charge is 0.399 e. The van der Waals surface area contributed by atoms with Gasteiger partial charge in [-0.15, -0.1) is 0 Å². The van der Waals surface area contributed by atoms with E-state index in [2.05, 4.69) is 5.32 Å². The third-order valence-electron chi connectivity index (χ3n) is 2.38. The van der Waals surface area contributed by atoms with Crippen molar-refractivity contribution < 1.29 is 15.0 Å². The Morgan fingerprint density at radius 2 is 1.89 bits per heavy atom. The molecule has 7 heteroatoms. The van der Waals surface area contributed by atoms with Gasteiger partial charge in [0.25, 0.3) is 5.91 Å². The highest BCUT2D eigenvalue weighted by Gasteiger charge is 2.24. The van der Waals surface area contributed by atoms with Crippen LogP contribution in [0.3, 0.4) is 0 Å². The van der Waals surface area contributed by atoms with Crippen LogP contribution in [-0.2, 0) is 4.79 Å². The van der Waals surface area contributed by atoms with E-state index in [1.165, 1.54) is 0 Å². The van der Waals surface area contributed by atoms with Crippen molar-refractivity contribution in [3.05, 3.63) is 29.8 Å². The van der Waals surface area contributed by atoms with Crippen LogP contribution in [0, 0.1) is 0 Å². The number of aliphatic hydroxyl groups excluding tert-OH is 2. The van der Waals surface area contributed by atoms with E-state index in [0.29, 0.717) is 11.3 Å². The molecule has 0 bridgehead atoms. The van der Waals surface area contributed by atoms with Crippen molar-refractivity contribution in [3.63, 3.8) is 0 Å². The van der Waals surface area contributed by atoms with Gasteiger partial charge in [0, 0.05) is 5.69 Å². The summed E-state index contributed by atoms with van der Waals surface area (Å²) in [6, 6.07) is 5.55. The first kappa shape index (κ1) is 15.0. The van der Waals surface area contributed by atoms with Crippen LogP contribution in [0.25, 0.3) is 0 Å². The van der Waals surface area contributed by atoms with Crippen LogP contribution >= 0.6 is 23.2 Å². The molecule has 2 atom stereocenters. The van der Waals surface area contributed by atoms with Crippen LogP contribution in [0.4, 0.5) is 5.69 Å². The Labute approximate surface area is 115 Å². The highest BCUT2D eigenvalue weighted by atomic mass is 35.5. The molecule has 0 aliphatic carbocycles. The van der Waals surface area contributed by atoms with E-state index in [0.717, 1.165) is 0 Å². The molecule has 18 heavy (non-hydrogen) atoms. The first-order chi connectivity index (χ1) is 8.45. The smallest absolute Gasteiger partial charge is 0.253 e. The summed E-state index contributed by atoms with van der Waals surface area (Å²) in [7, 11) is 0. The second-order valence-electron chi connectivity index (χ2n) is 3.71. The number of nitrogen functional groups attached to an aromatic ring is 1. The van der Waals surface area contributed by atoms with E-state index in [-0.39, 0.29) is 0 Å². The van der Waals surface area contributed by atoms with Crippen LogP contribution in [0.2, 0.25) is 0 Å². The molecule has 2 unspecified atom stereocenters. The molecule has 0 spiro atoms. The van der Waals surface area contributed by atoms with Gasteiger partial charge in [0.15, 0.2) is 4.84 Å². The summed E-state index contributed by atoms with van der Waals surface area (Å²) in [5.74, 6) is -0.674. The zero-order valence-corrected chi connectivity index (χ0v) is 10.9. The summed E-state index contributed by atoms with van der Waals surface area (Å²) in [5.41, 5.74) is 6.59. The van der Waals surface area contributed by atoms with Gasteiger partial charge >= 0.3 is 0 Å². The van der Waals surface area contributed by atoms with E-state index < -0.39 is 29.5 Å². The normalized spacial score (nSPS) is 14.3. The van der Waals surface area contributed by atoms with Crippen LogP contribution in [0.15, 0.2) is 24.3 Å². The lowest BCUT2D eigenvalue weighted by Crippen LogP contribution is -2.44. The number of aliphatic hydroxyl groups is 2. The summed E-state index contributed by atoms with van der Waals surface area (Å²) in [6.45, 7) is -0.447. The first-order valence-corrected chi connectivity index (χ1v) is 6.06. The number of carbonyl (C=O) groups is 1. The van der Waals surface area contributed by atoms with Crippen molar-refractivity contribution in [3.8, 4) is 0 Å². The molecule has 5 nitrogen and oxygen atoms in total. The second-order valence-corrected chi connectivity index (χ2v) is 4.81. The minimum atomic E-state index is -1.25. The number of benzene rings is 1. The van der Waals surface area contributed by atoms with Crippen LogP contribution in [-0.4, -0.2) is 33.6 Å². The fraction of sp³-hybridized carbons (Fsp3) is 0.364. The summed E-state index contributed by atoms with van der Waals surface area (Å²) in [6.07, 6.45) is -1.08. The van der Waals surface area contributed by atoms with Crippen molar-refractivity contribution in [2.24, 2.45) is 0 Å². The maximum atomic E-state index is 11.3. The molecule has 1 rings (SSSR count). The number of amides is 1. The molecular formula is C11H14Cl2N2O3. The molecule has 1 aromatic carbocycles. The van der Waals surface area contributed by atoms with Gasteiger partial charge < -0.3 is 21.3 Å². The van der Waals surface area contributed by atoms with Gasteiger partial charge in [0.05, 0.1) is 12.6 Å². The number of hydrogen-bond donors (Lipinski definition) is 4. The monoisotopic (exact) mass is 292 g/mol. The Kier molecular flexibility index (Phi) is 5.68. The summed E-state index contributed by atoms with van der Waals surface area (Å²) < 4.78 is 0. The number of nitrogens with two attached hydrogens (primary N) is 1.